The molecule has 0 saturated carbocycles. The van der Waals surface area contributed by atoms with Gasteiger partial charge in [-0.3, -0.25) is 11.3 Å². The summed E-state index contributed by atoms with van der Waals surface area (Å²) < 4.78 is 13.0. The molecule has 6 N–H and O–H groups in total. The average molecular weight is 311 g/mol. The first kappa shape index (κ1) is 16.7. The van der Waals surface area contributed by atoms with Crippen molar-refractivity contribution in [2.45, 2.75) is 6.54 Å². The Bertz CT molecular complexity index is 613. The third-order valence-corrected chi connectivity index (χ3v) is 2.86. The van der Waals surface area contributed by atoms with Crippen molar-refractivity contribution in [3.05, 3.63) is 71.0 Å². The van der Waals surface area contributed by atoms with E-state index in [1.54, 1.807) is 6.07 Å². The predicted molar refractivity (Wildman–Crippen MR) is 82.3 cm³/mol. The number of nitrogens with one attached hydrogen (secondary N) is 3. The lowest BCUT2D eigenvalue weighted by Crippen LogP contribution is -2.24. The van der Waals surface area contributed by atoms with E-state index in [1.165, 1.54) is 18.2 Å². The zero-order chi connectivity index (χ0) is 16.0. The van der Waals surface area contributed by atoms with Gasteiger partial charge in [-0.05, 0) is 23.8 Å². The van der Waals surface area contributed by atoms with Crippen LogP contribution in [0, 0.1) is 11.2 Å². The van der Waals surface area contributed by atoms with E-state index in [0.29, 0.717) is 12.2 Å². The number of aliphatic hydroxyl groups excluding tert-OH is 1. The molecule has 112 valence electrons. The lowest BCUT2D eigenvalue weighted by Gasteiger charge is -2.11. The maximum Gasteiger partial charge on any atom is 0.141 e. The Morgan fingerprint density at radius 2 is 2.14 bits per heavy atom. The van der Waals surface area contributed by atoms with Gasteiger partial charge in [0.05, 0.1) is 22.1 Å². The van der Waals surface area contributed by atoms with Gasteiger partial charge < -0.3 is 15.8 Å². The fraction of sp³-hybridized carbons (Fsp3) is 0.0714. The van der Waals surface area contributed by atoms with Gasteiger partial charge in [0.25, 0.3) is 0 Å². The molecule has 0 aliphatic heterocycles. The molecule has 0 aliphatic rings. The van der Waals surface area contributed by atoms with Crippen molar-refractivity contribution in [2.24, 2.45) is 5.84 Å². The maximum absolute atomic E-state index is 13.0. The van der Waals surface area contributed by atoms with Crippen LogP contribution in [0.1, 0.15) is 5.56 Å². The zero-order valence-electron chi connectivity index (χ0n) is 11.2. The molecule has 7 heteroatoms. The molecule has 0 aromatic heterocycles. The first-order chi connectivity index (χ1) is 9.85. The van der Waals surface area contributed by atoms with Gasteiger partial charge in [0.2, 0.25) is 0 Å². The number of nitrogens with two attached hydrogens (primary N) is 1. The second-order valence-electron chi connectivity index (χ2n) is 4.14. The van der Waals surface area contributed by atoms with Crippen LogP contribution in [0.2, 0.25) is 5.02 Å². The molecule has 0 amide bonds. The molecule has 0 bridgehead atoms. The van der Waals surface area contributed by atoms with Crippen molar-refractivity contribution >= 4 is 17.3 Å². The first-order valence-electron chi connectivity index (χ1n) is 5.87. The van der Waals surface area contributed by atoms with Crippen LogP contribution in [0.15, 0.2) is 54.6 Å². The molecular weight excluding hydrogens is 295 g/mol. The molecule has 1 aromatic rings. The van der Waals surface area contributed by atoms with Crippen LogP contribution in [0.3, 0.4) is 0 Å². The molecule has 0 heterocycles. The number of aliphatic hydroxyl groups is 1. The van der Waals surface area contributed by atoms with Gasteiger partial charge >= 0.3 is 0 Å². The third-order valence-electron chi connectivity index (χ3n) is 2.57. The van der Waals surface area contributed by atoms with Crippen LogP contribution in [-0.2, 0) is 6.54 Å². The molecule has 0 saturated heterocycles. The van der Waals surface area contributed by atoms with E-state index in [2.05, 4.69) is 23.9 Å². The SMILES string of the molecule is C=C(NCc1ccc(F)c(Cl)c1)C(=N)/C=C(\NN)C(=C)O. The number of hydrogen-bond acceptors (Lipinski definition) is 5. The number of rotatable bonds is 7. The van der Waals surface area contributed by atoms with E-state index in [9.17, 15) is 9.50 Å². The highest BCUT2D eigenvalue weighted by atomic mass is 35.5. The van der Waals surface area contributed by atoms with Crippen LogP contribution >= 0.6 is 11.6 Å². The summed E-state index contributed by atoms with van der Waals surface area (Å²) in [6.45, 7) is 7.31. The largest absolute Gasteiger partial charge is 0.506 e. The van der Waals surface area contributed by atoms with Gasteiger partial charge in [0.15, 0.2) is 0 Å². The maximum atomic E-state index is 13.0. The number of benzene rings is 1. The van der Waals surface area contributed by atoms with Crippen molar-refractivity contribution in [3.8, 4) is 0 Å². The Morgan fingerprint density at radius 1 is 1.48 bits per heavy atom. The molecule has 1 rings (SSSR count). The molecule has 0 unspecified atom stereocenters. The lowest BCUT2D eigenvalue weighted by atomic mass is 10.2. The smallest absolute Gasteiger partial charge is 0.141 e. The molecule has 0 radical (unpaired) electrons. The molecule has 0 spiro atoms. The Morgan fingerprint density at radius 3 is 2.67 bits per heavy atom. The minimum Gasteiger partial charge on any atom is -0.506 e. The average Bonchev–Trinajstić information content (AvgIpc) is 2.44. The van der Waals surface area contributed by atoms with Gasteiger partial charge in [-0.25, -0.2) is 4.39 Å². The number of hydrazine groups is 1. The Hall–Kier alpha value is -2.31. The van der Waals surface area contributed by atoms with Crippen LogP contribution < -0.4 is 16.6 Å². The van der Waals surface area contributed by atoms with Crippen molar-refractivity contribution in [2.75, 3.05) is 0 Å². The quantitative estimate of drug-likeness (QED) is 0.176. The molecule has 21 heavy (non-hydrogen) atoms. The summed E-state index contributed by atoms with van der Waals surface area (Å²) in [4.78, 5) is 0. The van der Waals surface area contributed by atoms with Crippen LogP contribution in [0.5, 0.6) is 0 Å². The van der Waals surface area contributed by atoms with Gasteiger partial charge in [0, 0.05) is 6.54 Å². The fourth-order valence-electron chi connectivity index (χ4n) is 1.39. The minimum absolute atomic E-state index is 0.00589. The summed E-state index contributed by atoms with van der Waals surface area (Å²) in [5.41, 5.74) is 3.36. The van der Waals surface area contributed by atoms with Gasteiger partial charge in [0.1, 0.15) is 11.6 Å². The molecule has 0 atom stereocenters. The number of hydrogen-bond donors (Lipinski definition) is 5. The highest BCUT2D eigenvalue weighted by Gasteiger charge is 2.05. The summed E-state index contributed by atoms with van der Waals surface area (Å²) in [6, 6.07) is 4.32. The summed E-state index contributed by atoms with van der Waals surface area (Å²) in [5.74, 6) is 4.40. The second-order valence-corrected chi connectivity index (χ2v) is 4.55. The highest BCUT2D eigenvalue weighted by molar-refractivity contribution is 6.30. The predicted octanol–water partition coefficient (Wildman–Crippen LogP) is 2.52. The Labute approximate surface area is 127 Å². The molecule has 0 aliphatic carbocycles. The summed E-state index contributed by atoms with van der Waals surface area (Å²) in [7, 11) is 0. The van der Waals surface area contributed by atoms with Crippen molar-refractivity contribution in [1.82, 2.24) is 10.7 Å². The van der Waals surface area contributed by atoms with Gasteiger partial charge in [-0.15, -0.1) is 0 Å². The van der Waals surface area contributed by atoms with Gasteiger partial charge in [-0.1, -0.05) is 30.8 Å². The van der Waals surface area contributed by atoms with E-state index in [0.717, 1.165) is 5.56 Å². The van der Waals surface area contributed by atoms with Gasteiger partial charge in [-0.2, -0.15) is 0 Å². The van der Waals surface area contributed by atoms with Crippen LogP contribution in [0.25, 0.3) is 0 Å². The minimum atomic E-state index is -0.491. The zero-order valence-corrected chi connectivity index (χ0v) is 12.0. The molecule has 0 fully saturated rings. The second kappa shape index (κ2) is 7.47. The van der Waals surface area contributed by atoms with E-state index in [-0.39, 0.29) is 22.2 Å². The van der Waals surface area contributed by atoms with Crippen molar-refractivity contribution in [1.29, 1.82) is 5.41 Å². The molecule has 1 aromatic carbocycles. The summed E-state index contributed by atoms with van der Waals surface area (Å²) in [6.07, 6.45) is 1.27. The number of halogens is 2. The van der Waals surface area contributed by atoms with Crippen molar-refractivity contribution in [3.63, 3.8) is 0 Å². The van der Waals surface area contributed by atoms with Crippen molar-refractivity contribution < 1.29 is 9.50 Å². The van der Waals surface area contributed by atoms with E-state index < -0.39 is 5.82 Å². The van der Waals surface area contributed by atoms with Crippen LogP contribution in [-0.4, -0.2) is 10.8 Å². The van der Waals surface area contributed by atoms with E-state index in [4.69, 9.17) is 22.9 Å². The van der Waals surface area contributed by atoms with Crippen LogP contribution in [0.4, 0.5) is 4.39 Å². The Balaban J connectivity index is 2.67. The normalized spacial score (nSPS) is 10.9. The number of allylic oxidation sites excluding steroid dienone is 1. The highest BCUT2D eigenvalue weighted by Crippen LogP contribution is 2.16. The van der Waals surface area contributed by atoms with E-state index >= 15 is 0 Å². The third kappa shape index (κ3) is 4.94. The monoisotopic (exact) mass is 310 g/mol. The topological polar surface area (TPSA) is 94.2 Å². The molecule has 5 nitrogen and oxygen atoms in total. The lowest BCUT2D eigenvalue weighted by molar-refractivity contribution is 0.417. The first-order valence-corrected chi connectivity index (χ1v) is 6.25. The summed E-state index contributed by atoms with van der Waals surface area (Å²) in [5, 5.41) is 19.9. The fourth-order valence-corrected chi connectivity index (χ4v) is 1.60. The Kier molecular flexibility index (Phi) is 5.95. The standard InChI is InChI=1S/C14H16ClFN4O/c1-8(13(17)6-14(20-18)9(2)21)19-7-10-3-4-12(16)11(15)5-10/h3-6,17,19-21H,1-2,7,18H2/b14-6-,17-13?. The van der Waals surface area contributed by atoms with E-state index in [1.807, 2.05) is 0 Å². The summed E-state index contributed by atoms with van der Waals surface area (Å²) >= 11 is 5.68. The molecular formula is C14H16ClFN4O.